The molecule has 0 bridgehead atoms. The number of aryl methyl sites for hydroxylation is 1. The van der Waals surface area contributed by atoms with Crippen LogP contribution >= 0.6 is 0 Å². The van der Waals surface area contributed by atoms with Crippen molar-refractivity contribution in [2.45, 2.75) is 26.4 Å². The molecule has 0 spiro atoms. The van der Waals surface area contributed by atoms with Crippen molar-refractivity contribution in [3.05, 3.63) is 72.2 Å². The lowest BCUT2D eigenvalue weighted by atomic mass is 10.1. The minimum atomic E-state index is -0.417. The lowest BCUT2D eigenvalue weighted by Crippen LogP contribution is -2.30. The Labute approximate surface area is 185 Å². The predicted octanol–water partition coefficient (Wildman–Crippen LogP) is 3.91. The number of amides is 2. The highest BCUT2D eigenvalue weighted by Crippen LogP contribution is 2.29. The number of nitrogens with zero attached hydrogens (tertiary/aromatic N) is 3. The Balaban J connectivity index is 1.27. The van der Waals surface area contributed by atoms with Gasteiger partial charge in [0.15, 0.2) is 0 Å². The van der Waals surface area contributed by atoms with Crippen LogP contribution in [0.4, 0.5) is 0 Å². The van der Waals surface area contributed by atoms with Gasteiger partial charge in [0, 0.05) is 41.3 Å². The molecule has 7 heteroatoms. The zero-order chi connectivity index (χ0) is 22.1. The summed E-state index contributed by atoms with van der Waals surface area (Å²) in [6, 6.07) is 18.1. The number of benzene rings is 2. The van der Waals surface area contributed by atoms with Crippen molar-refractivity contribution < 1.29 is 14.0 Å². The topological polar surface area (TPSA) is 79.8 Å². The number of likely N-dealkylation sites (tertiary alicyclic amines) is 1. The minimum absolute atomic E-state index is 0.0525. The molecule has 1 aliphatic heterocycles. The number of nitrogens with one attached hydrogen (secondary N) is 1. The molecule has 1 saturated heterocycles. The van der Waals surface area contributed by atoms with E-state index in [-0.39, 0.29) is 18.2 Å². The third-order valence-corrected chi connectivity index (χ3v) is 6.01. The predicted molar refractivity (Wildman–Crippen MR) is 123 cm³/mol. The Morgan fingerprint density at radius 1 is 1.16 bits per heavy atom. The van der Waals surface area contributed by atoms with Crippen molar-refractivity contribution in [3.8, 4) is 0 Å². The van der Waals surface area contributed by atoms with E-state index in [1.165, 1.54) is 16.4 Å². The first kappa shape index (κ1) is 20.1. The van der Waals surface area contributed by atoms with Gasteiger partial charge >= 0.3 is 0 Å². The van der Waals surface area contributed by atoms with E-state index in [0.717, 1.165) is 17.5 Å². The summed E-state index contributed by atoms with van der Waals surface area (Å²) in [6.07, 6.45) is 3.41. The fourth-order valence-electron chi connectivity index (χ4n) is 4.45. The van der Waals surface area contributed by atoms with Gasteiger partial charge in [-0.15, -0.1) is 0 Å². The molecule has 32 heavy (non-hydrogen) atoms. The van der Waals surface area contributed by atoms with E-state index >= 15 is 0 Å². The number of rotatable bonds is 6. The minimum Gasteiger partial charge on any atom is -0.467 e. The van der Waals surface area contributed by atoms with E-state index in [1.54, 1.807) is 23.4 Å². The summed E-state index contributed by atoms with van der Waals surface area (Å²) in [6.45, 7) is 3.78. The van der Waals surface area contributed by atoms with Crippen LogP contribution in [0.15, 0.2) is 70.4 Å². The van der Waals surface area contributed by atoms with E-state index in [2.05, 4.69) is 52.3 Å². The molecule has 1 aliphatic rings. The molecular formula is C25H24N4O3. The van der Waals surface area contributed by atoms with E-state index in [9.17, 15) is 9.59 Å². The number of hydrogen-bond acceptors (Lipinski definition) is 4. The highest BCUT2D eigenvalue weighted by atomic mass is 16.3. The molecule has 2 amide bonds. The van der Waals surface area contributed by atoms with Crippen LogP contribution < -0.4 is 5.43 Å². The summed E-state index contributed by atoms with van der Waals surface area (Å²) in [7, 11) is 0. The number of carbonyl (C=O) groups is 2. The van der Waals surface area contributed by atoms with E-state index in [1.807, 2.05) is 18.2 Å². The number of fused-ring (bicyclic) bond motifs is 3. The average Bonchev–Trinajstić information content (AvgIpc) is 3.52. The van der Waals surface area contributed by atoms with Crippen molar-refractivity contribution in [1.29, 1.82) is 0 Å². The Kier molecular flexibility index (Phi) is 5.23. The van der Waals surface area contributed by atoms with Gasteiger partial charge in [-0.25, -0.2) is 5.43 Å². The van der Waals surface area contributed by atoms with Crippen LogP contribution in [0.3, 0.4) is 0 Å². The van der Waals surface area contributed by atoms with Crippen LogP contribution in [-0.2, 0) is 22.7 Å². The molecule has 7 nitrogen and oxygen atoms in total. The van der Waals surface area contributed by atoms with Crippen molar-refractivity contribution in [1.82, 2.24) is 14.9 Å². The number of furan rings is 1. The van der Waals surface area contributed by atoms with Gasteiger partial charge < -0.3 is 13.9 Å². The van der Waals surface area contributed by atoms with Gasteiger partial charge in [-0.05, 0) is 42.8 Å². The normalized spacial score (nSPS) is 16.6. The van der Waals surface area contributed by atoms with E-state index in [0.29, 0.717) is 18.8 Å². The zero-order valence-electron chi connectivity index (χ0n) is 17.8. The zero-order valence-corrected chi connectivity index (χ0v) is 17.8. The molecule has 0 aliphatic carbocycles. The summed E-state index contributed by atoms with van der Waals surface area (Å²) in [5, 5.41) is 6.50. The fourth-order valence-corrected chi connectivity index (χ4v) is 4.45. The van der Waals surface area contributed by atoms with Crippen LogP contribution in [0.25, 0.3) is 21.8 Å². The number of hydrazone groups is 1. The first-order chi connectivity index (χ1) is 15.6. The maximum absolute atomic E-state index is 12.5. The molecular weight excluding hydrogens is 404 g/mol. The third kappa shape index (κ3) is 3.66. The monoisotopic (exact) mass is 428 g/mol. The van der Waals surface area contributed by atoms with Gasteiger partial charge in [0.25, 0.3) is 0 Å². The highest BCUT2D eigenvalue weighted by Gasteiger charge is 2.34. The van der Waals surface area contributed by atoms with Crippen LogP contribution in [0, 0.1) is 5.92 Å². The first-order valence-electron chi connectivity index (χ1n) is 10.8. The Bertz CT molecular complexity index is 1320. The van der Waals surface area contributed by atoms with Gasteiger partial charge in [0.05, 0.1) is 24.9 Å². The number of para-hydroxylation sites is 1. The summed E-state index contributed by atoms with van der Waals surface area (Å²) in [5.74, 6) is -0.0135. The van der Waals surface area contributed by atoms with Gasteiger partial charge in [-0.2, -0.15) is 5.10 Å². The van der Waals surface area contributed by atoms with Crippen molar-refractivity contribution >= 4 is 39.8 Å². The Hall–Kier alpha value is -3.87. The fraction of sp³-hybridized carbons (Fsp3) is 0.240. The number of aromatic nitrogens is 1. The molecule has 0 radical (unpaired) electrons. The summed E-state index contributed by atoms with van der Waals surface area (Å²) >= 11 is 0. The molecule has 1 atom stereocenters. The van der Waals surface area contributed by atoms with Crippen molar-refractivity contribution in [3.63, 3.8) is 0 Å². The molecule has 2 aromatic heterocycles. The highest BCUT2D eigenvalue weighted by molar-refractivity contribution is 6.09. The van der Waals surface area contributed by atoms with Crippen molar-refractivity contribution in [2.75, 3.05) is 6.54 Å². The van der Waals surface area contributed by atoms with Crippen LogP contribution in [-0.4, -0.2) is 34.0 Å². The summed E-state index contributed by atoms with van der Waals surface area (Å²) in [4.78, 5) is 26.4. The van der Waals surface area contributed by atoms with Gasteiger partial charge in [-0.3, -0.25) is 9.59 Å². The van der Waals surface area contributed by atoms with Gasteiger partial charge in [0.2, 0.25) is 11.8 Å². The average molecular weight is 428 g/mol. The first-order valence-corrected chi connectivity index (χ1v) is 10.8. The Morgan fingerprint density at radius 2 is 2.00 bits per heavy atom. The second-order valence-corrected chi connectivity index (χ2v) is 8.03. The molecule has 3 heterocycles. The second kappa shape index (κ2) is 8.34. The van der Waals surface area contributed by atoms with E-state index < -0.39 is 5.92 Å². The maximum Gasteiger partial charge on any atom is 0.245 e. The quantitative estimate of drug-likeness (QED) is 0.374. The van der Waals surface area contributed by atoms with Gasteiger partial charge in [-0.1, -0.05) is 24.3 Å². The second-order valence-electron chi connectivity index (χ2n) is 8.03. The molecule has 2 aromatic carbocycles. The van der Waals surface area contributed by atoms with Gasteiger partial charge in [0.1, 0.15) is 5.76 Å². The largest absolute Gasteiger partial charge is 0.467 e. The molecule has 5 rings (SSSR count). The Morgan fingerprint density at radius 3 is 2.81 bits per heavy atom. The molecule has 4 aromatic rings. The lowest BCUT2D eigenvalue weighted by molar-refractivity contribution is -0.129. The summed E-state index contributed by atoms with van der Waals surface area (Å²) in [5.41, 5.74) is 5.88. The number of carbonyl (C=O) groups excluding carboxylic acids is 2. The SMILES string of the molecule is CCn1c2ccccc2c2cc(/C=N/NC(=O)C3CC(=O)N(Cc4ccco4)C3)ccc21. The smallest absolute Gasteiger partial charge is 0.245 e. The van der Waals surface area contributed by atoms with Crippen LogP contribution in [0.5, 0.6) is 0 Å². The standard InChI is InChI=1S/C25H24N4O3/c1-2-29-22-8-4-3-7-20(22)21-12-17(9-10-23(21)29)14-26-27-25(31)18-13-24(30)28(15-18)16-19-6-5-11-32-19/h3-12,14,18H,2,13,15-16H2,1H3,(H,27,31)/b26-14+. The molecule has 1 fully saturated rings. The van der Waals surface area contributed by atoms with Crippen LogP contribution in [0.1, 0.15) is 24.7 Å². The lowest BCUT2D eigenvalue weighted by Gasteiger charge is -2.14. The number of hydrogen-bond donors (Lipinski definition) is 1. The summed E-state index contributed by atoms with van der Waals surface area (Å²) < 4.78 is 7.59. The molecule has 0 saturated carbocycles. The third-order valence-electron chi connectivity index (χ3n) is 6.01. The molecule has 1 unspecified atom stereocenters. The molecule has 1 N–H and O–H groups in total. The van der Waals surface area contributed by atoms with E-state index in [4.69, 9.17) is 4.42 Å². The maximum atomic E-state index is 12.5. The van der Waals surface area contributed by atoms with Crippen molar-refractivity contribution in [2.24, 2.45) is 11.0 Å². The van der Waals surface area contributed by atoms with Crippen LogP contribution in [0.2, 0.25) is 0 Å². The molecule has 162 valence electrons.